The van der Waals surface area contributed by atoms with Gasteiger partial charge in [-0.05, 0) is 52.4 Å². The largest absolute Gasteiger partial charge is 0.344 e. The number of carbonyl (C=O) groups is 1. The zero-order valence-electron chi connectivity index (χ0n) is 12.7. The second-order valence-electron chi connectivity index (χ2n) is 5.73. The Morgan fingerprint density at radius 3 is 2.60 bits per heavy atom. The van der Waals surface area contributed by atoms with E-state index in [4.69, 9.17) is 9.05 Å². The van der Waals surface area contributed by atoms with Gasteiger partial charge < -0.3 is 9.05 Å². The average molecular weight is 300 g/mol. The monoisotopic (exact) mass is 300 g/mol. The molecule has 0 aromatic heterocycles. The number of hydrogen-bond acceptors (Lipinski definition) is 4. The molecule has 0 bridgehead atoms. The van der Waals surface area contributed by atoms with Gasteiger partial charge in [0.25, 0.3) is 0 Å². The lowest BCUT2D eigenvalue weighted by molar-refractivity contribution is -0.126. The number of allylic oxidation sites excluding steroid dienone is 2. The van der Waals surface area contributed by atoms with Gasteiger partial charge in [0.2, 0.25) is 0 Å². The first kappa shape index (κ1) is 15.9. The maximum atomic E-state index is 13.3. The Hall–Kier alpha value is -0.440. The molecule has 4 nitrogen and oxygen atoms in total. The van der Waals surface area contributed by atoms with E-state index in [1.54, 1.807) is 13.8 Å². The van der Waals surface area contributed by atoms with Gasteiger partial charge in [-0.3, -0.25) is 9.36 Å². The van der Waals surface area contributed by atoms with Crippen LogP contribution in [0.2, 0.25) is 0 Å². The molecule has 5 heteroatoms. The highest BCUT2D eigenvalue weighted by Crippen LogP contribution is 2.68. The molecule has 0 amide bonds. The van der Waals surface area contributed by atoms with E-state index in [0.717, 1.165) is 19.3 Å². The lowest BCUT2D eigenvalue weighted by Crippen LogP contribution is -2.50. The Labute approximate surface area is 121 Å². The fourth-order valence-electron chi connectivity index (χ4n) is 3.64. The molecule has 0 aliphatic heterocycles. The van der Waals surface area contributed by atoms with E-state index in [0.29, 0.717) is 26.1 Å². The molecular formula is C15H25O4P. The van der Waals surface area contributed by atoms with Crippen molar-refractivity contribution in [1.82, 2.24) is 0 Å². The van der Waals surface area contributed by atoms with Crippen LogP contribution >= 0.6 is 7.60 Å². The topological polar surface area (TPSA) is 52.6 Å². The zero-order chi connectivity index (χ0) is 14.8. The first-order chi connectivity index (χ1) is 9.50. The summed E-state index contributed by atoms with van der Waals surface area (Å²) >= 11 is 0. The van der Waals surface area contributed by atoms with Crippen molar-refractivity contribution < 1.29 is 18.4 Å². The molecule has 0 aromatic carbocycles. The molecule has 0 N–H and O–H groups in total. The van der Waals surface area contributed by atoms with Crippen LogP contribution in [0.25, 0.3) is 0 Å². The summed E-state index contributed by atoms with van der Waals surface area (Å²) in [6.07, 6.45) is 5.69. The van der Waals surface area contributed by atoms with E-state index in [9.17, 15) is 9.36 Å². The average Bonchev–Trinajstić information content (AvgIpc) is 2.39. The van der Waals surface area contributed by atoms with Crippen molar-refractivity contribution in [2.75, 3.05) is 13.2 Å². The lowest BCUT2D eigenvalue weighted by atomic mass is 9.70. The fraction of sp³-hybridized carbons (Fsp3) is 0.800. The van der Waals surface area contributed by atoms with Crippen molar-refractivity contribution in [3.63, 3.8) is 0 Å². The van der Waals surface area contributed by atoms with E-state index in [2.05, 4.69) is 6.92 Å². The summed E-state index contributed by atoms with van der Waals surface area (Å²) in [5, 5.41) is -0.934. The molecule has 0 radical (unpaired) electrons. The van der Waals surface area contributed by atoms with Crippen molar-refractivity contribution >= 4 is 13.4 Å². The summed E-state index contributed by atoms with van der Waals surface area (Å²) in [5.74, 6) is 0.167. The molecule has 20 heavy (non-hydrogen) atoms. The highest BCUT2D eigenvalue weighted by molar-refractivity contribution is 7.57. The zero-order valence-corrected chi connectivity index (χ0v) is 13.6. The molecule has 0 spiro atoms. The van der Waals surface area contributed by atoms with E-state index in [1.165, 1.54) is 5.57 Å². The SMILES string of the molecule is CCOP(=O)(OCC)[C@@]12CC=C(C)C[C@@H]1CCCC2=O. The summed E-state index contributed by atoms with van der Waals surface area (Å²) in [5.41, 5.74) is 1.28. The Bertz CT molecular complexity index is 447. The van der Waals surface area contributed by atoms with Crippen LogP contribution in [0.15, 0.2) is 11.6 Å². The van der Waals surface area contributed by atoms with Crippen LogP contribution in [0.3, 0.4) is 0 Å². The Morgan fingerprint density at radius 2 is 2.00 bits per heavy atom. The van der Waals surface area contributed by atoms with Crippen molar-refractivity contribution in [2.24, 2.45) is 5.92 Å². The van der Waals surface area contributed by atoms with Crippen LogP contribution in [-0.4, -0.2) is 24.2 Å². The van der Waals surface area contributed by atoms with Gasteiger partial charge in [-0.15, -0.1) is 0 Å². The normalized spacial score (nSPS) is 30.9. The molecule has 114 valence electrons. The molecule has 0 saturated heterocycles. The van der Waals surface area contributed by atoms with E-state index < -0.39 is 12.8 Å². The minimum Gasteiger partial charge on any atom is -0.308 e. The summed E-state index contributed by atoms with van der Waals surface area (Å²) < 4.78 is 24.5. The maximum Gasteiger partial charge on any atom is 0.344 e. The van der Waals surface area contributed by atoms with Gasteiger partial charge in [-0.1, -0.05) is 11.6 Å². The standard InChI is InChI=1S/C15H25O4P/c1-4-18-20(17,19-5-2)15-10-9-12(3)11-13(15)7-6-8-14(15)16/h9,13H,4-8,10-11H2,1-3H3/t13-,15-/m0/s1. The number of Topliss-reactive ketones (excluding diaryl/α,β-unsaturated/α-hetero) is 1. The lowest BCUT2D eigenvalue weighted by Gasteiger charge is -2.47. The van der Waals surface area contributed by atoms with Gasteiger partial charge in [0, 0.05) is 6.42 Å². The van der Waals surface area contributed by atoms with Crippen LogP contribution < -0.4 is 0 Å². The van der Waals surface area contributed by atoms with Gasteiger partial charge in [-0.25, -0.2) is 0 Å². The second kappa shape index (κ2) is 6.13. The summed E-state index contributed by atoms with van der Waals surface area (Å²) in [6, 6.07) is 0. The fourth-order valence-corrected chi connectivity index (χ4v) is 6.26. The highest BCUT2D eigenvalue weighted by Gasteiger charge is 2.61. The van der Waals surface area contributed by atoms with E-state index in [1.807, 2.05) is 6.08 Å². The van der Waals surface area contributed by atoms with Crippen LogP contribution in [0, 0.1) is 5.92 Å². The van der Waals surface area contributed by atoms with Crippen molar-refractivity contribution in [3.05, 3.63) is 11.6 Å². The van der Waals surface area contributed by atoms with Crippen molar-refractivity contribution in [1.29, 1.82) is 0 Å². The molecular weight excluding hydrogens is 275 g/mol. The van der Waals surface area contributed by atoms with E-state index in [-0.39, 0.29) is 11.7 Å². The molecule has 2 atom stereocenters. The first-order valence-corrected chi connectivity index (χ1v) is 9.12. The Balaban J connectivity index is 2.49. The third kappa shape index (κ3) is 2.43. The molecule has 1 fully saturated rings. The number of rotatable bonds is 5. The summed E-state index contributed by atoms with van der Waals surface area (Å²) in [7, 11) is -3.42. The Morgan fingerprint density at radius 1 is 1.35 bits per heavy atom. The summed E-state index contributed by atoms with van der Waals surface area (Å²) in [6.45, 7) is 6.29. The van der Waals surface area contributed by atoms with E-state index >= 15 is 0 Å². The number of hydrogen-bond donors (Lipinski definition) is 0. The second-order valence-corrected chi connectivity index (χ2v) is 8.04. The van der Waals surface area contributed by atoms with Gasteiger partial charge in [0.15, 0.2) is 5.78 Å². The third-order valence-electron chi connectivity index (χ3n) is 4.53. The first-order valence-electron chi connectivity index (χ1n) is 7.58. The van der Waals surface area contributed by atoms with Crippen LogP contribution in [-0.2, 0) is 18.4 Å². The molecule has 0 unspecified atom stereocenters. The van der Waals surface area contributed by atoms with Crippen molar-refractivity contribution in [2.45, 2.75) is 58.0 Å². The van der Waals surface area contributed by atoms with Gasteiger partial charge in [-0.2, -0.15) is 0 Å². The van der Waals surface area contributed by atoms with Crippen LogP contribution in [0.4, 0.5) is 0 Å². The predicted molar refractivity (Wildman–Crippen MR) is 78.9 cm³/mol. The van der Waals surface area contributed by atoms with Crippen LogP contribution in [0.5, 0.6) is 0 Å². The number of carbonyl (C=O) groups excluding carboxylic acids is 1. The van der Waals surface area contributed by atoms with Gasteiger partial charge >= 0.3 is 7.60 Å². The Kier molecular flexibility index (Phi) is 4.88. The quantitative estimate of drug-likeness (QED) is 0.566. The molecule has 0 aromatic rings. The predicted octanol–water partition coefficient (Wildman–Crippen LogP) is 4.10. The molecule has 2 aliphatic rings. The van der Waals surface area contributed by atoms with Gasteiger partial charge in [0.1, 0.15) is 5.16 Å². The molecule has 2 rings (SSSR count). The summed E-state index contributed by atoms with van der Waals surface area (Å²) in [4.78, 5) is 12.7. The minimum atomic E-state index is -3.42. The number of ketones is 1. The molecule has 0 heterocycles. The molecule has 1 saturated carbocycles. The third-order valence-corrected chi connectivity index (χ3v) is 7.50. The molecule has 2 aliphatic carbocycles. The number of fused-ring (bicyclic) bond motifs is 1. The van der Waals surface area contributed by atoms with Crippen LogP contribution in [0.1, 0.15) is 52.9 Å². The van der Waals surface area contributed by atoms with Crippen molar-refractivity contribution in [3.8, 4) is 0 Å². The minimum absolute atomic E-state index is 0.0720. The highest BCUT2D eigenvalue weighted by atomic mass is 31.2. The van der Waals surface area contributed by atoms with Gasteiger partial charge in [0.05, 0.1) is 13.2 Å². The maximum absolute atomic E-state index is 13.3. The smallest absolute Gasteiger partial charge is 0.308 e.